The summed E-state index contributed by atoms with van der Waals surface area (Å²) in [5.74, 6) is 0. The average molecular weight is 259 g/mol. The van der Waals surface area contributed by atoms with Crippen molar-refractivity contribution in [3.05, 3.63) is 29.3 Å². The maximum absolute atomic E-state index is 9.55. The summed E-state index contributed by atoms with van der Waals surface area (Å²) in [6, 6.07) is 6.47. The van der Waals surface area contributed by atoms with Gasteiger partial charge in [-0.2, -0.15) is 0 Å². The SMILES string of the molecule is Cc1ccc(N2CCC3(CCCC3)CC2)c(CO)c1. The Morgan fingerprint density at radius 3 is 2.42 bits per heavy atom. The molecule has 1 aromatic rings. The highest BCUT2D eigenvalue weighted by molar-refractivity contribution is 5.55. The molecule has 1 aliphatic heterocycles. The minimum absolute atomic E-state index is 0.151. The first kappa shape index (κ1) is 13.0. The zero-order valence-corrected chi connectivity index (χ0v) is 12.0. The van der Waals surface area contributed by atoms with Crippen LogP contribution in [-0.2, 0) is 6.61 Å². The molecule has 1 N–H and O–H groups in total. The lowest BCUT2D eigenvalue weighted by atomic mass is 9.77. The van der Waals surface area contributed by atoms with Crippen LogP contribution in [0.1, 0.15) is 49.7 Å². The van der Waals surface area contributed by atoms with Gasteiger partial charge in [0.2, 0.25) is 0 Å². The molecular weight excluding hydrogens is 234 g/mol. The van der Waals surface area contributed by atoms with E-state index < -0.39 is 0 Å². The summed E-state index contributed by atoms with van der Waals surface area (Å²) in [6.07, 6.45) is 8.44. The van der Waals surface area contributed by atoms with Crippen LogP contribution >= 0.6 is 0 Å². The van der Waals surface area contributed by atoms with Crippen molar-refractivity contribution < 1.29 is 5.11 Å². The number of aliphatic hydroxyl groups is 1. The Bertz CT molecular complexity index is 439. The van der Waals surface area contributed by atoms with Crippen LogP contribution in [0.15, 0.2) is 18.2 Å². The van der Waals surface area contributed by atoms with E-state index in [-0.39, 0.29) is 6.61 Å². The van der Waals surface area contributed by atoms with Crippen LogP contribution in [0.2, 0.25) is 0 Å². The van der Waals surface area contributed by atoms with E-state index in [0.29, 0.717) is 5.41 Å². The molecule has 1 spiro atoms. The van der Waals surface area contributed by atoms with Gasteiger partial charge in [0.1, 0.15) is 0 Å². The Hall–Kier alpha value is -1.02. The average Bonchev–Trinajstić information content (AvgIpc) is 2.88. The Morgan fingerprint density at radius 1 is 1.11 bits per heavy atom. The van der Waals surface area contributed by atoms with Crippen LogP contribution in [-0.4, -0.2) is 18.2 Å². The lowest BCUT2D eigenvalue weighted by molar-refractivity contribution is 0.225. The lowest BCUT2D eigenvalue weighted by Gasteiger charge is -2.41. The first-order valence-corrected chi connectivity index (χ1v) is 7.68. The largest absolute Gasteiger partial charge is 0.392 e. The molecule has 1 aliphatic carbocycles. The fourth-order valence-corrected chi connectivity index (χ4v) is 4.00. The van der Waals surface area contributed by atoms with Gasteiger partial charge in [-0.05, 0) is 44.1 Å². The molecule has 104 valence electrons. The van der Waals surface area contributed by atoms with E-state index in [2.05, 4.69) is 30.0 Å². The topological polar surface area (TPSA) is 23.5 Å². The molecule has 1 heterocycles. The molecule has 3 rings (SSSR count). The second kappa shape index (κ2) is 5.16. The highest BCUT2D eigenvalue weighted by Crippen LogP contribution is 2.46. The van der Waals surface area contributed by atoms with E-state index >= 15 is 0 Å². The standard InChI is InChI=1S/C17H25NO/c1-14-4-5-16(15(12-14)13-19)18-10-8-17(9-11-18)6-2-3-7-17/h4-5,12,19H,2-3,6-11,13H2,1H3. The number of anilines is 1. The molecule has 1 saturated heterocycles. The molecule has 2 fully saturated rings. The summed E-state index contributed by atoms with van der Waals surface area (Å²) in [5.41, 5.74) is 4.24. The van der Waals surface area contributed by atoms with Gasteiger partial charge in [-0.3, -0.25) is 0 Å². The molecule has 0 amide bonds. The maximum Gasteiger partial charge on any atom is 0.0702 e. The van der Waals surface area contributed by atoms with Gasteiger partial charge < -0.3 is 10.0 Å². The fourth-order valence-electron chi connectivity index (χ4n) is 4.00. The van der Waals surface area contributed by atoms with Crippen molar-refractivity contribution in [3.8, 4) is 0 Å². The van der Waals surface area contributed by atoms with Crippen LogP contribution in [0.5, 0.6) is 0 Å². The maximum atomic E-state index is 9.55. The molecule has 1 saturated carbocycles. The van der Waals surface area contributed by atoms with Gasteiger partial charge in [-0.15, -0.1) is 0 Å². The second-order valence-corrected chi connectivity index (χ2v) is 6.48. The zero-order valence-electron chi connectivity index (χ0n) is 12.0. The van der Waals surface area contributed by atoms with E-state index in [1.807, 2.05) is 0 Å². The van der Waals surface area contributed by atoms with Gasteiger partial charge in [0, 0.05) is 24.3 Å². The number of nitrogens with zero attached hydrogens (tertiary/aromatic N) is 1. The first-order chi connectivity index (χ1) is 9.22. The van der Waals surface area contributed by atoms with E-state index in [4.69, 9.17) is 0 Å². The van der Waals surface area contributed by atoms with Gasteiger partial charge in [0.25, 0.3) is 0 Å². The summed E-state index contributed by atoms with van der Waals surface area (Å²) in [6.45, 7) is 4.57. The first-order valence-electron chi connectivity index (χ1n) is 7.68. The van der Waals surface area contributed by atoms with Crippen molar-refractivity contribution in [1.82, 2.24) is 0 Å². The summed E-state index contributed by atoms with van der Waals surface area (Å²) in [4.78, 5) is 2.48. The third kappa shape index (κ3) is 2.51. The molecule has 0 radical (unpaired) electrons. The lowest BCUT2D eigenvalue weighted by Crippen LogP contribution is -2.39. The van der Waals surface area contributed by atoms with E-state index in [9.17, 15) is 5.11 Å². The van der Waals surface area contributed by atoms with Crippen molar-refractivity contribution in [2.24, 2.45) is 5.41 Å². The molecule has 19 heavy (non-hydrogen) atoms. The highest BCUT2D eigenvalue weighted by Gasteiger charge is 2.37. The molecule has 2 aliphatic rings. The van der Waals surface area contributed by atoms with Gasteiger partial charge in [-0.25, -0.2) is 0 Å². The fraction of sp³-hybridized carbons (Fsp3) is 0.647. The summed E-state index contributed by atoms with van der Waals surface area (Å²) in [7, 11) is 0. The monoisotopic (exact) mass is 259 g/mol. The van der Waals surface area contributed by atoms with Crippen LogP contribution in [0.25, 0.3) is 0 Å². The highest BCUT2D eigenvalue weighted by atomic mass is 16.3. The van der Waals surface area contributed by atoms with Crippen LogP contribution in [0.3, 0.4) is 0 Å². The molecule has 2 nitrogen and oxygen atoms in total. The van der Waals surface area contributed by atoms with Crippen LogP contribution in [0.4, 0.5) is 5.69 Å². The summed E-state index contributed by atoms with van der Waals surface area (Å²) in [5, 5.41) is 9.55. The number of hydrogen-bond donors (Lipinski definition) is 1. The van der Waals surface area contributed by atoms with E-state index in [1.165, 1.54) is 49.8 Å². The number of rotatable bonds is 2. The van der Waals surface area contributed by atoms with Crippen molar-refractivity contribution >= 4 is 5.69 Å². The van der Waals surface area contributed by atoms with Crippen LogP contribution < -0.4 is 4.90 Å². The molecule has 0 aromatic heterocycles. The molecule has 0 atom stereocenters. The predicted octanol–water partition coefficient (Wildman–Crippen LogP) is 3.65. The van der Waals surface area contributed by atoms with Crippen molar-refractivity contribution in [2.75, 3.05) is 18.0 Å². The third-order valence-corrected chi connectivity index (χ3v) is 5.23. The summed E-state index contributed by atoms with van der Waals surface area (Å²) < 4.78 is 0. The van der Waals surface area contributed by atoms with Crippen LogP contribution in [0, 0.1) is 12.3 Å². The number of hydrogen-bond acceptors (Lipinski definition) is 2. The zero-order chi connectivity index (χ0) is 13.3. The van der Waals surface area contributed by atoms with Gasteiger partial charge in [-0.1, -0.05) is 30.5 Å². The van der Waals surface area contributed by atoms with Crippen molar-refractivity contribution in [1.29, 1.82) is 0 Å². The Morgan fingerprint density at radius 2 is 1.79 bits per heavy atom. The molecule has 2 heteroatoms. The number of aryl methyl sites for hydroxylation is 1. The normalized spacial score (nSPS) is 22.1. The minimum atomic E-state index is 0.151. The van der Waals surface area contributed by atoms with Gasteiger partial charge in [0.15, 0.2) is 0 Å². The quantitative estimate of drug-likeness (QED) is 0.876. The Kier molecular flexibility index (Phi) is 3.53. The third-order valence-electron chi connectivity index (χ3n) is 5.23. The minimum Gasteiger partial charge on any atom is -0.392 e. The summed E-state index contributed by atoms with van der Waals surface area (Å²) >= 11 is 0. The number of piperidine rings is 1. The van der Waals surface area contributed by atoms with Gasteiger partial charge in [0.05, 0.1) is 6.61 Å². The van der Waals surface area contributed by atoms with Crippen molar-refractivity contribution in [2.45, 2.75) is 52.1 Å². The molecule has 0 unspecified atom stereocenters. The molecule has 0 bridgehead atoms. The Balaban J connectivity index is 1.74. The Labute approximate surface area is 116 Å². The predicted molar refractivity (Wildman–Crippen MR) is 79.4 cm³/mol. The second-order valence-electron chi connectivity index (χ2n) is 6.48. The number of benzene rings is 1. The molecule has 1 aromatic carbocycles. The molecular formula is C17H25NO. The van der Waals surface area contributed by atoms with E-state index in [0.717, 1.165) is 18.7 Å². The smallest absolute Gasteiger partial charge is 0.0702 e. The number of aliphatic hydroxyl groups excluding tert-OH is 1. The van der Waals surface area contributed by atoms with Gasteiger partial charge >= 0.3 is 0 Å². The van der Waals surface area contributed by atoms with E-state index in [1.54, 1.807) is 0 Å². The van der Waals surface area contributed by atoms with Crippen molar-refractivity contribution in [3.63, 3.8) is 0 Å².